The average molecular weight is 341 g/mol. The number of nitrogens with zero attached hydrogens (tertiary/aromatic N) is 2. The van der Waals surface area contributed by atoms with Crippen LogP contribution in [-0.2, 0) is 9.53 Å². The van der Waals surface area contributed by atoms with Gasteiger partial charge in [-0.05, 0) is 18.2 Å². The number of amides is 1. The minimum absolute atomic E-state index is 0.0194. The molecule has 0 spiro atoms. The van der Waals surface area contributed by atoms with Crippen molar-refractivity contribution in [2.75, 3.05) is 46.0 Å². The Labute approximate surface area is 140 Å². The van der Waals surface area contributed by atoms with Crippen LogP contribution in [0.3, 0.4) is 0 Å². The minimum Gasteiger partial charge on any atom is -0.484 e. The van der Waals surface area contributed by atoms with Gasteiger partial charge < -0.3 is 19.5 Å². The molecule has 0 bridgehead atoms. The van der Waals surface area contributed by atoms with Crippen molar-refractivity contribution < 1.29 is 19.4 Å². The zero-order chi connectivity index (χ0) is 16.2. The van der Waals surface area contributed by atoms with Gasteiger partial charge in [0.1, 0.15) is 5.75 Å². The standard InChI is InChI=1S/C16H21ClN2O4/c17-12-2-1-3-13(8-12)23-11-16(21)19-9-14(15(20)10-19)18-4-6-22-7-5-18/h1-3,8,14-15,20H,4-7,9-11H2/t14-,15-/m0/s1. The first kappa shape index (κ1) is 16.5. The molecule has 2 fully saturated rings. The van der Waals surface area contributed by atoms with E-state index in [-0.39, 0.29) is 18.6 Å². The van der Waals surface area contributed by atoms with Crippen LogP contribution in [-0.4, -0.2) is 79.0 Å². The largest absolute Gasteiger partial charge is 0.484 e. The van der Waals surface area contributed by atoms with Crippen molar-refractivity contribution in [1.82, 2.24) is 9.80 Å². The number of halogens is 1. The van der Waals surface area contributed by atoms with Crippen molar-refractivity contribution in [3.05, 3.63) is 29.3 Å². The molecule has 0 saturated carbocycles. The average Bonchev–Trinajstić information content (AvgIpc) is 2.95. The fourth-order valence-corrected chi connectivity index (χ4v) is 3.21. The maximum absolute atomic E-state index is 12.3. The van der Waals surface area contributed by atoms with Gasteiger partial charge in [0.2, 0.25) is 0 Å². The van der Waals surface area contributed by atoms with Crippen molar-refractivity contribution in [2.24, 2.45) is 0 Å². The number of morpholine rings is 1. The van der Waals surface area contributed by atoms with Gasteiger partial charge in [-0.25, -0.2) is 0 Å². The van der Waals surface area contributed by atoms with Gasteiger partial charge in [-0.3, -0.25) is 9.69 Å². The molecular weight excluding hydrogens is 320 g/mol. The predicted octanol–water partition coefficient (Wildman–Crippen LogP) is 0.623. The molecule has 7 heteroatoms. The molecule has 1 amide bonds. The highest BCUT2D eigenvalue weighted by Crippen LogP contribution is 2.19. The maximum atomic E-state index is 12.3. The van der Waals surface area contributed by atoms with E-state index in [1.807, 2.05) is 0 Å². The van der Waals surface area contributed by atoms with E-state index < -0.39 is 6.10 Å². The van der Waals surface area contributed by atoms with Gasteiger partial charge in [0.15, 0.2) is 6.61 Å². The molecule has 2 aliphatic heterocycles. The monoisotopic (exact) mass is 340 g/mol. The van der Waals surface area contributed by atoms with E-state index in [2.05, 4.69) is 4.90 Å². The summed E-state index contributed by atoms with van der Waals surface area (Å²) in [4.78, 5) is 16.1. The second-order valence-corrected chi connectivity index (χ2v) is 6.26. The Morgan fingerprint density at radius 3 is 2.87 bits per heavy atom. The number of rotatable bonds is 4. The summed E-state index contributed by atoms with van der Waals surface area (Å²) in [6, 6.07) is 6.93. The number of aliphatic hydroxyl groups is 1. The van der Waals surface area contributed by atoms with Crippen LogP contribution in [0.1, 0.15) is 0 Å². The highest BCUT2D eigenvalue weighted by molar-refractivity contribution is 6.30. The molecule has 1 N–H and O–H groups in total. The third-order valence-electron chi connectivity index (χ3n) is 4.28. The van der Waals surface area contributed by atoms with E-state index in [4.69, 9.17) is 21.1 Å². The van der Waals surface area contributed by atoms with Gasteiger partial charge in [-0.2, -0.15) is 0 Å². The van der Waals surface area contributed by atoms with E-state index in [9.17, 15) is 9.90 Å². The lowest BCUT2D eigenvalue weighted by molar-refractivity contribution is -0.132. The van der Waals surface area contributed by atoms with Crippen molar-refractivity contribution >= 4 is 17.5 Å². The summed E-state index contributed by atoms with van der Waals surface area (Å²) in [5, 5.41) is 10.8. The van der Waals surface area contributed by atoms with Crippen LogP contribution in [0.2, 0.25) is 5.02 Å². The van der Waals surface area contributed by atoms with Gasteiger partial charge in [-0.1, -0.05) is 17.7 Å². The summed E-state index contributed by atoms with van der Waals surface area (Å²) in [7, 11) is 0. The maximum Gasteiger partial charge on any atom is 0.260 e. The summed E-state index contributed by atoms with van der Waals surface area (Å²) < 4.78 is 10.8. The lowest BCUT2D eigenvalue weighted by Gasteiger charge is -2.33. The molecule has 2 heterocycles. The fourth-order valence-electron chi connectivity index (χ4n) is 3.03. The molecule has 3 rings (SSSR count). The molecule has 6 nitrogen and oxygen atoms in total. The number of ether oxygens (including phenoxy) is 2. The summed E-state index contributed by atoms with van der Waals surface area (Å²) in [6.07, 6.45) is -0.525. The van der Waals surface area contributed by atoms with Crippen LogP contribution in [0, 0.1) is 0 Å². The summed E-state index contributed by atoms with van der Waals surface area (Å²) in [5.74, 6) is 0.440. The number of carbonyl (C=O) groups excluding carboxylic acids is 1. The number of carbonyl (C=O) groups is 1. The van der Waals surface area contributed by atoms with E-state index in [1.165, 1.54) is 0 Å². The highest BCUT2D eigenvalue weighted by Gasteiger charge is 2.38. The van der Waals surface area contributed by atoms with Gasteiger partial charge in [0.25, 0.3) is 5.91 Å². The number of likely N-dealkylation sites (tertiary alicyclic amines) is 1. The van der Waals surface area contributed by atoms with Crippen molar-refractivity contribution in [3.8, 4) is 5.75 Å². The van der Waals surface area contributed by atoms with Crippen LogP contribution in [0.4, 0.5) is 0 Å². The Bertz CT molecular complexity index is 551. The number of hydrogen-bond acceptors (Lipinski definition) is 5. The third kappa shape index (κ3) is 4.14. The van der Waals surface area contributed by atoms with Gasteiger partial charge in [-0.15, -0.1) is 0 Å². The highest BCUT2D eigenvalue weighted by atomic mass is 35.5. The number of hydrogen-bond donors (Lipinski definition) is 1. The topological polar surface area (TPSA) is 62.2 Å². The quantitative estimate of drug-likeness (QED) is 0.870. The zero-order valence-electron chi connectivity index (χ0n) is 12.9. The first-order valence-corrected chi connectivity index (χ1v) is 8.17. The van der Waals surface area contributed by atoms with Crippen molar-refractivity contribution in [1.29, 1.82) is 0 Å². The Balaban J connectivity index is 1.52. The third-order valence-corrected chi connectivity index (χ3v) is 4.52. The second kappa shape index (κ2) is 7.49. The summed E-state index contributed by atoms with van der Waals surface area (Å²) in [5.41, 5.74) is 0. The number of aliphatic hydroxyl groups excluding tert-OH is 1. The molecule has 1 aromatic carbocycles. The van der Waals surface area contributed by atoms with E-state index in [0.29, 0.717) is 37.1 Å². The molecule has 2 atom stereocenters. The van der Waals surface area contributed by atoms with Crippen LogP contribution in [0.25, 0.3) is 0 Å². The SMILES string of the molecule is O=C(COc1cccc(Cl)c1)N1C[C@H](O)[C@@H](N2CCOCC2)C1. The lowest BCUT2D eigenvalue weighted by Crippen LogP contribution is -2.49. The summed E-state index contributed by atoms with van der Waals surface area (Å²) >= 11 is 5.89. The molecular formula is C16H21ClN2O4. The van der Waals surface area contributed by atoms with Crippen LogP contribution in [0.15, 0.2) is 24.3 Å². The van der Waals surface area contributed by atoms with E-state index >= 15 is 0 Å². The molecule has 0 radical (unpaired) electrons. The Morgan fingerprint density at radius 1 is 1.35 bits per heavy atom. The summed E-state index contributed by atoms with van der Waals surface area (Å²) in [6.45, 7) is 3.76. The molecule has 126 valence electrons. The molecule has 2 aliphatic rings. The molecule has 1 aromatic rings. The Hall–Kier alpha value is -1.34. The van der Waals surface area contributed by atoms with Gasteiger partial charge in [0, 0.05) is 31.2 Å². The first-order valence-electron chi connectivity index (χ1n) is 7.79. The van der Waals surface area contributed by atoms with Crippen LogP contribution < -0.4 is 4.74 Å². The van der Waals surface area contributed by atoms with E-state index in [1.54, 1.807) is 29.2 Å². The van der Waals surface area contributed by atoms with Crippen molar-refractivity contribution in [3.63, 3.8) is 0 Å². The Kier molecular flexibility index (Phi) is 5.38. The number of β-amino-alcohol motifs (C(OH)–C–C–N with tert-alkyl or cyclic N) is 1. The second-order valence-electron chi connectivity index (χ2n) is 5.83. The molecule has 0 aromatic heterocycles. The van der Waals surface area contributed by atoms with Gasteiger partial charge >= 0.3 is 0 Å². The Morgan fingerprint density at radius 2 is 2.13 bits per heavy atom. The minimum atomic E-state index is -0.525. The molecule has 0 aliphatic carbocycles. The molecule has 23 heavy (non-hydrogen) atoms. The smallest absolute Gasteiger partial charge is 0.260 e. The van der Waals surface area contributed by atoms with Gasteiger partial charge in [0.05, 0.1) is 25.4 Å². The first-order chi connectivity index (χ1) is 11.1. The van der Waals surface area contributed by atoms with E-state index in [0.717, 1.165) is 13.1 Å². The fraction of sp³-hybridized carbons (Fsp3) is 0.562. The zero-order valence-corrected chi connectivity index (χ0v) is 13.6. The number of benzene rings is 1. The predicted molar refractivity (Wildman–Crippen MR) is 85.7 cm³/mol. The normalized spacial score (nSPS) is 25.6. The van der Waals surface area contributed by atoms with Crippen molar-refractivity contribution in [2.45, 2.75) is 12.1 Å². The van der Waals surface area contributed by atoms with Crippen LogP contribution in [0.5, 0.6) is 5.75 Å². The molecule has 0 unspecified atom stereocenters. The molecule has 2 saturated heterocycles. The lowest BCUT2D eigenvalue weighted by atomic mass is 10.2. The van der Waals surface area contributed by atoms with Crippen LogP contribution >= 0.6 is 11.6 Å².